The van der Waals surface area contributed by atoms with E-state index in [0.29, 0.717) is 6.54 Å². The summed E-state index contributed by atoms with van der Waals surface area (Å²) in [7, 11) is 0. The second kappa shape index (κ2) is 5.80. The monoisotopic (exact) mass is 375 g/mol. The van der Waals surface area contributed by atoms with E-state index in [2.05, 4.69) is 37.2 Å². The molecule has 2 aromatic carbocycles. The van der Waals surface area contributed by atoms with Crippen LogP contribution in [0.25, 0.3) is 0 Å². The summed E-state index contributed by atoms with van der Waals surface area (Å²) in [5.41, 5.74) is 1.13. The lowest BCUT2D eigenvalue weighted by Gasteiger charge is -2.09. The number of hydrogen-bond donors (Lipinski definition) is 1. The first-order valence-corrected chi connectivity index (χ1v) is 6.78. The van der Waals surface area contributed by atoms with Crippen LogP contribution in [0, 0.1) is 11.6 Å². The summed E-state index contributed by atoms with van der Waals surface area (Å²) in [6.45, 7) is 0.428. The third-order valence-electron chi connectivity index (χ3n) is 2.38. The van der Waals surface area contributed by atoms with Gasteiger partial charge in [-0.2, -0.15) is 0 Å². The Kier molecular flexibility index (Phi) is 4.35. The molecule has 0 radical (unpaired) electrons. The van der Waals surface area contributed by atoms with Crippen LogP contribution in [0.5, 0.6) is 0 Å². The SMILES string of the molecule is Fc1cc(NCc2cccc(Br)c2)c(F)cc1Br. The Bertz CT molecular complexity index is 573. The minimum Gasteiger partial charge on any atom is -0.379 e. The summed E-state index contributed by atoms with van der Waals surface area (Å²) in [5, 5.41) is 2.87. The summed E-state index contributed by atoms with van der Waals surface area (Å²) in [4.78, 5) is 0. The zero-order valence-electron chi connectivity index (χ0n) is 9.18. The van der Waals surface area contributed by atoms with Crippen LogP contribution >= 0.6 is 31.9 Å². The molecular formula is C13H9Br2F2N. The lowest BCUT2D eigenvalue weighted by atomic mass is 10.2. The third kappa shape index (κ3) is 3.29. The molecule has 0 atom stereocenters. The van der Waals surface area contributed by atoms with Crippen molar-refractivity contribution in [2.24, 2.45) is 0 Å². The van der Waals surface area contributed by atoms with Crippen LogP contribution in [-0.4, -0.2) is 0 Å². The molecule has 1 nitrogen and oxygen atoms in total. The largest absolute Gasteiger partial charge is 0.379 e. The Hall–Kier alpha value is -0.940. The van der Waals surface area contributed by atoms with Crippen molar-refractivity contribution in [3.8, 4) is 0 Å². The first kappa shape index (κ1) is 13.5. The van der Waals surface area contributed by atoms with Gasteiger partial charge in [0, 0.05) is 17.1 Å². The van der Waals surface area contributed by atoms with Crippen molar-refractivity contribution < 1.29 is 8.78 Å². The zero-order chi connectivity index (χ0) is 13.1. The third-order valence-corrected chi connectivity index (χ3v) is 3.48. The van der Waals surface area contributed by atoms with E-state index in [9.17, 15) is 8.78 Å². The highest BCUT2D eigenvalue weighted by atomic mass is 79.9. The molecule has 0 amide bonds. The molecule has 0 unspecified atom stereocenters. The predicted molar refractivity (Wildman–Crippen MR) is 75.5 cm³/mol. The highest BCUT2D eigenvalue weighted by Gasteiger charge is 2.07. The molecule has 0 saturated heterocycles. The van der Waals surface area contributed by atoms with E-state index in [0.717, 1.165) is 22.2 Å². The van der Waals surface area contributed by atoms with E-state index in [4.69, 9.17) is 0 Å². The van der Waals surface area contributed by atoms with Gasteiger partial charge in [-0.05, 0) is 39.7 Å². The van der Waals surface area contributed by atoms with Crippen molar-refractivity contribution in [1.82, 2.24) is 0 Å². The molecule has 0 fully saturated rings. The smallest absolute Gasteiger partial charge is 0.147 e. The second-order valence-corrected chi connectivity index (χ2v) is 5.50. The maximum atomic E-state index is 13.5. The molecule has 1 N–H and O–H groups in total. The van der Waals surface area contributed by atoms with Crippen molar-refractivity contribution in [3.05, 3.63) is 62.5 Å². The summed E-state index contributed by atoms with van der Waals surface area (Å²) >= 11 is 6.29. The average molecular weight is 377 g/mol. The van der Waals surface area contributed by atoms with Crippen LogP contribution in [0.4, 0.5) is 14.5 Å². The number of anilines is 1. The molecule has 18 heavy (non-hydrogen) atoms. The van der Waals surface area contributed by atoms with Gasteiger partial charge < -0.3 is 5.32 Å². The van der Waals surface area contributed by atoms with Gasteiger partial charge >= 0.3 is 0 Å². The van der Waals surface area contributed by atoms with Crippen LogP contribution in [0.2, 0.25) is 0 Å². The molecule has 2 aromatic rings. The van der Waals surface area contributed by atoms with Crippen molar-refractivity contribution in [2.45, 2.75) is 6.54 Å². The van der Waals surface area contributed by atoms with Crippen LogP contribution in [0.1, 0.15) is 5.56 Å². The predicted octanol–water partition coefficient (Wildman–Crippen LogP) is 5.10. The molecule has 0 aliphatic heterocycles. The molecular weight excluding hydrogens is 368 g/mol. The highest BCUT2D eigenvalue weighted by molar-refractivity contribution is 9.10. The maximum Gasteiger partial charge on any atom is 0.147 e. The number of nitrogens with one attached hydrogen (secondary N) is 1. The zero-order valence-corrected chi connectivity index (χ0v) is 12.4. The number of rotatable bonds is 3. The first-order valence-electron chi connectivity index (χ1n) is 5.19. The van der Waals surface area contributed by atoms with Crippen molar-refractivity contribution in [3.63, 3.8) is 0 Å². The van der Waals surface area contributed by atoms with Gasteiger partial charge in [0.2, 0.25) is 0 Å². The van der Waals surface area contributed by atoms with Gasteiger partial charge in [-0.1, -0.05) is 28.1 Å². The van der Waals surface area contributed by atoms with E-state index < -0.39 is 11.6 Å². The molecule has 0 aliphatic carbocycles. The molecule has 0 spiro atoms. The fraction of sp³-hybridized carbons (Fsp3) is 0.0769. The van der Waals surface area contributed by atoms with E-state index >= 15 is 0 Å². The summed E-state index contributed by atoms with van der Waals surface area (Å²) in [6.07, 6.45) is 0. The molecule has 2 rings (SSSR count). The Balaban J connectivity index is 2.13. The molecule has 0 aromatic heterocycles. The topological polar surface area (TPSA) is 12.0 Å². The molecule has 0 bridgehead atoms. The molecule has 0 heterocycles. The summed E-state index contributed by atoms with van der Waals surface area (Å²) in [6, 6.07) is 9.87. The van der Waals surface area contributed by atoms with E-state index in [1.54, 1.807) is 0 Å². The van der Waals surface area contributed by atoms with E-state index in [1.165, 1.54) is 0 Å². The molecule has 0 saturated carbocycles. The van der Waals surface area contributed by atoms with E-state index in [-0.39, 0.29) is 10.2 Å². The lowest BCUT2D eigenvalue weighted by Crippen LogP contribution is -2.02. The van der Waals surface area contributed by atoms with Gasteiger partial charge in [0.15, 0.2) is 0 Å². The van der Waals surface area contributed by atoms with Crippen molar-refractivity contribution >= 4 is 37.5 Å². The fourth-order valence-corrected chi connectivity index (χ4v) is 2.26. The van der Waals surface area contributed by atoms with Gasteiger partial charge in [-0.3, -0.25) is 0 Å². The minimum absolute atomic E-state index is 0.119. The molecule has 5 heteroatoms. The van der Waals surface area contributed by atoms with Crippen molar-refractivity contribution in [1.29, 1.82) is 0 Å². The Labute approximate surface area is 120 Å². The number of hydrogen-bond acceptors (Lipinski definition) is 1. The van der Waals surface area contributed by atoms with Gasteiger partial charge in [-0.15, -0.1) is 0 Å². The van der Waals surface area contributed by atoms with Gasteiger partial charge in [0.05, 0.1) is 10.2 Å². The Morgan fingerprint density at radius 2 is 1.78 bits per heavy atom. The fourth-order valence-electron chi connectivity index (χ4n) is 1.50. The minimum atomic E-state index is -0.492. The highest BCUT2D eigenvalue weighted by Crippen LogP contribution is 2.24. The normalized spacial score (nSPS) is 10.4. The first-order chi connectivity index (χ1) is 8.56. The maximum absolute atomic E-state index is 13.5. The quantitative estimate of drug-likeness (QED) is 0.734. The second-order valence-electron chi connectivity index (χ2n) is 3.73. The number of halogens is 4. The lowest BCUT2D eigenvalue weighted by molar-refractivity contribution is 0.596. The van der Waals surface area contributed by atoms with Crippen LogP contribution in [-0.2, 0) is 6.54 Å². The Morgan fingerprint density at radius 1 is 1.00 bits per heavy atom. The molecule has 94 valence electrons. The number of benzene rings is 2. The standard InChI is InChI=1S/C13H9Br2F2N/c14-9-3-1-2-8(4-9)7-18-13-6-11(16)10(15)5-12(13)17/h1-6,18H,7H2. The van der Waals surface area contributed by atoms with Crippen LogP contribution in [0.3, 0.4) is 0 Å². The van der Waals surface area contributed by atoms with Gasteiger partial charge in [0.1, 0.15) is 11.6 Å². The molecule has 0 aliphatic rings. The van der Waals surface area contributed by atoms with Gasteiger partial charge in [0.25, 0.3) is 0 Å². The van der Waals surface area contributed by atoms with Gasteiger partial charge in [-0.25, -0.2) is 8.78 Å². The van der Waals surface area contributed by atoms with Crippen LogP contribution < -0.4 is 5.32 Å². The van der Waals surface area contributed by atoms with E-state index in [1.807, 2.05) is 24.3 Å². The van der Waals surface area contributed by atoms with Crippen LogP contribution in [0.15, 0.2) is 45.3 Å². The Morgan fingerprint density at radius 3 is 2.50 bits per heavy atom. The summed E-state index contributed by atoms with van der Waals surface area (Å²) in [5.74, 6) is -0.980. The average Bonchev–Trinajstić information content (AvgIpc) is 2.32. The summed E-state index contributed by atoms with van der Waals surface area (Å²) < 4.78 is 27.9. The van der Waals surface area contributed by atoms with Crippen molar-refractivity contribution in [2.75, 3.05) is 5.32 Å².